The first-order chi connectivity index (χ1) is 7.33. The van der Waals surface area contributed by atoms with Crippen LogP contribution in [0.2, 0.25) is 0 Å². The van der Waals surface area contributed by atoms with Crippen LogP contribution >= 0.6 is 34.2 Å². The standard InChI is InChI=1S/C10H12ClIO3S/c1-2-16(14,15)10(11,12)9(13)8-6-4-3-5-7-8/h3-7,9,13H,2H2,1H3. The van der Waals surface area contributed by atoms with E-state index in [0.717, 1.165) is 0 Å². The lowest BCUT2D eigenvalue weighted by Crippen LogP contribution is -2.34. The number of hydrogen-bond acceptors (Lipinski definition) is 3. The Morgan fingerprint density at radius 2 is 1.94 bits per heavy atom. The Bertz CT molecular complexity index is 444. The minimum Gasteiger partial charge on any atom is -0.385 e. The van der Waals surface area contributed by atoms with Gasteiger partial charge in [0.2, 0.25) is 2.21 Å². The zero-order valence-electron chi connectivity index (χ0n) is 8.60. The highest BCUT2D eigenvalue weighted by atomic mass is 127. The minimum absolute atomic E-state index is 0.108. The van der Waals surface area contributed by atoms with Gasteiger partial charge in [0.05, 0.1) is 5.75 Å². The maximum Gasteiger partial charge on any atom is 0.225 e. The van der Waals surface area contributed by atoms with Gasteiger partial charge in [-0.2, -0.15) is 0 Å². The molecule has 1 aromatic rings. The average molecular weight is 375 g/mol. The third-order valence-corrected chi connectivity index (χ3v) is 7.56. The van der Waals surface area contributed by atoms with E-state index >= 15 is 0 Å². The summed E-state index contributed by atoms with van der Waals surface area (Å²) >= 11 is 7.54. The molecule has 2 atom stereocenters. The molecule has 1 rings (SSSR count). The number of benzene rings is 1. The van der Waals surface area contributed by atoms with E-state index in [1.165, 1.54) is 6.92 Å². The molecule has 0 amide bonds. The molecule has 90 valence electrons. The van der Waals surface area contributed by atoms with Crippen molar-refractivity contribution >= 4 is 44.0 Å². The van der Waals surface area contributed by atoms with Gasteiger partial charge in [0.1, 0.15) is 6.10 Å². The summed E-state index contributed by atoms with van der Waals surface area (Å²) < 4.78 is 21.8. The lowest BCUT2D eigenvalue weighted by atomic mass is 10.1. The number of halogens is 2. The fourth-order valence-electron chi connectivity index (χ4n) is 1.19. The fourth-order valence-corrected chi connectivity index (χ4v) is 3.80. The van der Waals surface area contributed by atoms with Gasteiger partial charge in [-0.25, -0.2) is 8.42 Å². The predicted molar refractivity (Wildman–Crippen MR) is 73.5 cm³/mol. The molecule has 0 aliphatic carbocycles. The van der Waals surface area contributed by atoms with E-state index in [1.807, 2.05) is 0 Å². The maximum absolute atomic E-state index is 11.7. The Morgan fingerprint density at radius 3 is 2.38 bits per heavy atom. The molecule has 0 fully saturated rings. The van der Waals surface area contributed by atoms with Crippen LogP contribution < -0.4 is 0 Å². The van der Waals surface area contributed by atoms with Crippen molar-refractivity contribution in [1.82, 2.24) is 0 Å². The molecule has 3 nitrogen and oxygen atoms in total. The van der Waals surface area contributed by atoms with Crippen molar-refractivity contribution in [3.8, 4) is 0 Å². The largest absolute Gasteiger partial charge is 0.385 e. The first-order valence-electron chi connectivity index (χ1n) is 4.66. The Morgan fingerprint density at radius 1 is 1.44 bits per heavy atom. The smallest absolute Gasteiger partial charge is 0.225 e. The molecule has 0 radical (unpaired) electrons. The van der Waals surface area contributed by atoms with E-state index < -0.39 is 18.2 Å². The number of sulfone groups is 1. The molecule has 16 heavy (non-hydrogen) atoms. The molecular formula is C10H12ClIO3S. The van der Waals surface area contributed by atoms with Gasteiger partial charge < -0.3 is 5.11 Å². The van der Waals surface area contributed by atoms with Crippen molar-refractivity contribution in [2.75, 3.05) is 5.75 Å². The highest BCUT2D eigenvalue weighted by Crippen LogP contribution is 2.43. The quantitative estimate of drug-likeness (QED) is 0.651. The lowest BCUT2D eigenvalue weighted by molar-refractivity contribution is 0.187. The summed E-state index contributed by atoms with van der Waals surface area (Å²) in [5, 5.41) is 10.00. The summed E-state index contributed by atoms with van der Waals surface area (Å²) in [5.74, 6) is -0.108. The van der Waals surface area contributed by atoms with Crippen molar-refractivity contribution in [2.24, 2.45) is 0 Å². The summed E-state index contributed by atoms with van der Waals surface area (Å²) in [6.07, 6.45) is -1.25. The monoisotopic (exact) mass is 374 g/mol. The number of hydrogen-bond donors (Lipinski definition) is 1. The third-order valence-electron chi connectivity index (χ3n) is 2.23. The lowest BCUT2D eigenvalue weighted by Gasteiger charge is -2.25. The normalized spacial score (nSPS) is 17.8. The van der Waals surface area contributed by atoms with Crippen LogP contribution in [0.4, 0.5) is 0 Å². The van der Waals surface area contributed by atoms with Crippen LogP contribution in [0.3, 0.4) is 0 Å². The molecular weight excluding hydrogens is 363 g/mol. The van der Waals surface area contributed by atoms with Crippen LogP contribution in [0.5, 0.6) is 0 Å². The van der Waals surface area contributed by atoms with E-state index in [1.54, 1.807) is 52.9 Å². The van der Waals surface area contributed by atoms with E-state index in [2.05, 4.69) is 0 Å². The van der Waals surface area contributed by atoms with Crippen LogP contribution in [-0.4, -0.2) is 21.5 Å². The van der Waals surface area contributed by atoms with Gasteiger partial charge in [-0.1, -0.05) is 48.9 Å². The summed E-state index contributed by atoms with van der Waals surface area (Å²) in [5.41, 5.74) is 0.490. The van der Waals surface area contributed by atoms with Gasteiger partial charge >= 0.3 is 0 Å². The number of aliphatic hydroxyl groups excluding tert-OH is 1. The van der Waals surface area contributed by atoms with Crippen LogP contribution in [0.25, 0.3) is 0 Å². The Hall–Kier alpha value is 0.150. The number of rotatable bonds is 4. The van der Waals surface area contributed by atoms with Crippen molar-refractivity contribution < 1.29 is 13.5 Å². The summed E-state index contributed by atoms with van der Waals surface area (Å²) in [6.45, 7) is 1.50. The van der Waals surface area contributed by atoms with Crippen molar-refractivity contribution in [3.63, 3.8) is 0 Å². The van der Waals surface area contributed by atoms with Crippen molar-refractivity contribution in [3.05, 3.63) is 35.9 Å². The molecule has 0 aliphatic heterocycles. The van der Waals surface area contributed by atoms with Gasteiger partial charge in [0, 0.05) is 0 Å². The highest BCUT2D eigenvalue weighted by Gasteiger charge is 2.45. The second kappa shape index (κ2) is 5.20. The molecule has 0 aromatic heterocycles. The zero-order chi connectivity index (χ0) is 12.4. The second-order valence-corrected chi connectivity index (χ2v) is 9.62. The molecule has 1 aromatic carbocycles. The maximum atomic E-state index is 11.7. The Balaban J connectivity index is 3.11. The average Bonchev–Trinajstić information content (AvgIpc) is 2.29. The molecule has 1 N–H and O–H groups in total. The molecule has 0 saturated carbocycles. The van der Waals surface area contributed by atoms with E-state index in [0.29, 0.717) is 5.56 Å². The SMILES string of the molecule is CCS(=O)(=O)C(Cl)(I)C(O)c1ccccc1. The van der Waals surface area contributed by atoms with Crippen molar-refractivity contribution in [2.45, 2.75) is 15.2 Å². The van der Waals surface area contributed by atoms with Gasteiger partial charge in [0.25, 0.3) is 0 Å². The van der Waals surface area contributed by atoms with Crippen LogP contribution in [0.1, 0.15) is 18.6 Å². The first-order valence-corrected chi connectivity index (χ1v) is 7.77. The summed E-state index contributed by atoms with van der Waals surface area (Å²) in [6, 6.07) is 8.52. The zero-order valence-corrected chi connectivity index (χ0v) is 12.3. The molecule has 0 aliphatic rings. The van der Waals surface area contributed by atoms with Crippen LogP contribution in [0, 0.1) is 0 Å². The van der Waals surface area contributed by atoms with E-state index in [-0.39, 0.29) is 5.75 Å². The number of aliphatic hydroxyl groups is 1. The minimum atomic E-state index is -3.54. The highest BCUT2D eigenvalue weighted by molar-refractivity contribution is 14.1. The topological polar surface area (TPSA) is 54.4 Å². The second-order valence-electron chi connectivity index (χ2n) is 3.28. The summed E-state index contributed by atoms with van der Waals surface area (Å²) in [7, 11) is -3.54. The molecule has 0 heterocycles. The predicted octanol–water partition coefficient (Wildman–Crippen LogP) is 2.48. The molecule has 0 bridgehead atoms. The molecule has 6 heteroatoms. The van der Waals surface area contributed by atoms with E-state index in [9.17, 15) is 13.5 Å². The number of alkyl halides is 2. The third kappa shape index (κ3) is 2.69. The first kappa shape index (κ1) is 14.2. The van der Waals surface area contributed by atoms with Gasteiger partial charge in [-0.05, 0) is 28.2 Å². The molecule has 0 saturated heterocycles. The fraction of sp³-hybridized carbons (Fsp3) is 0.400. The molecule has 0 spiro atoms. The van der Waals surface area contributed by atoms with Crippen LogP contribution in [-0.2, 0) is 9.84 Å². The Kier molecular flexibility index (Phi) is 4.62. The van der Waals surface area contributed by atoms with Gasteiger partial charge in [-0.15, -0.1) is 0 Å². The Labute approximate surface area is 114 Å². The van der Waals surface area contributed by atoms with Crippen LogP contribution in [0.15, 0.2) is 30.3 Å². The van der Waals surface area contributed by atoms with Gasteiger partial charge in [0.15, 0.2) is 9.84 Å². The van der Waals surface area contributed by atoms with Gasteiger partial charge in [-0.3, -0.25) is 0 Å². The van der Waals surface area contributed by atoms with Crippen molar-refractivity contribution in [1.29, 1.82) is 0 Å². The van der Waals surface area contributed by atoms with E-state index in [4.69, 9.17) is 11.6 Å². The molecule has 2 unspecified atom stereocenters. The summed E-state index contributed by atoms with van der Waals surface area (Å²) in [4.78, 5) is 0.